The molecule has 21 heavy (non-hydrogen) atoms. The smallest absolute Gasteiger partial charge is 0.254 e. The Morgan fingerprint density at radius 3 is 2.95 bits per heavy atom. The van der Waals surface area contributed by atoms with Crippen LogP contribution in [0.3, 0.4) is 0 Å². The standard InChI is InChI=1S/C15H17FN4O/c1-10-6-11(8-12(16)7-10)15(21)20-5-3-2-4-13(20)14-17-9-18-19-14/h6-9,13H,2-5H2,1H3,(H,17,18,19). The minimum Gasteiger partial charge on any atom is -0.328 e. The second-order valence-corrected chi connectivity index (χ2v) is 5.40. The number of halogens is 1. The number of benzene rings is 1. The van der Waals surface area contributed by atoms with Crippen LogP contribution in [-0.4, -0.2) is 32.5 Å². The van der Waals surface area contributed by atoms with Crippen molar-refractivity contribution in [3.63, 3.8) is 0 Å². The fraction of sp³-hybridized carbons (Fsp3) is 0.400. The Kier molecular flexibility index (Phi) is 3.68. The van der Waals surface area contributed by atoms with E-state index in [9.17, 15) is 9.18 Å². The maximum Gasteiger partial charge on any atom is 0.254 e. The lowest BCUT2D eigenvalue weighted by atomic mass is 9.99. The quantitative estimate of drug-likeness (QED) is 0.924. The number of hydrogen-bond donors (Lipinski definition) is 1. The molecule has 1 fully saturated rings. The highest BCUT2D eigenvalue weighted by Crippen LogP contribution is 2.30. The third-order valence-electron chi connectivity index (χ3n) is 3.80. The molecular weight excluding hydrogens is 271 g/mol. The van der Waals surface area contributed by atoms with E-state index in [0.717, 1.165) is 24.8 Å². The van der Waals surface area contributed by atoms with Crippen LogP contribution in [0.25, 0.3) is 0 Å². The lowest BCUT2D eigenvalue weighted by molar-refractivity contribution is 0.0600. The Morgan fingerprint density at radius 2 is 2.24 bits per heavy atom. The predicted molar refractivity (Wildman–Crippen MR) is 75.1 cm³/mol. The number of H-pyrrole nitrogens is 1. The van der Waals surface area contributed by atoms with E-state index in [1.807, 2.05) is 0 Å². The van der Waals surface area contributed by atoms with E-state index in [1.54, 1.807) is 17.9 Å². The molecule has 1 aliphatic rings. The van der Waals surface area contributed by atoms with Crippen molar-refractivity contribution in [1.29, 1.82) is 0 Å². The molecule has 2 heterocycles. The largest absolute Gasteiger partial charge is 0.328 e. The van der Waals surface area contributed by atoms with Gasteiger partial charge in [0.05, 0.1) is 6.04 Å². The van der Waals surface area contributed by atoms with Gasteiger partial charge in [0.25, 0.3) is 5.91 Å². The summed E-state index contributed by atoms with van der Waals surface area (Å²) in [6.45, 7) is 2.43. The molecule has 1 unspecified atom stereocenters. The van der Waals surface area contributed by atoms with Gasteiger partial charge in [-0.25, -0.2) is 9.37 Å². The molecule has 1 amide bonds. The molecule has 0 saturated carbocycles. The minimum atomic E-state index is -0.383. The van der Waals surface area contributed by atoms with Crippen LogP contribution in [0, 0.1) is 12.7 Å². The van der Waals surface area contributed by atoms with E-state index >= 15 is 0 Å². The zero-order valence-corrected chi connectivity index (χ0v) is 11.8. The molecule has 1 saturated heterocycles. The summed E-state index contributed by atoms with van der Waals surface area (Å²) in [4.78, 5) is 18.6. The van der Waals surface area contributed by atoms with Gasteiger partial charge in [-0.2, -0.15) is 5.10 Å². The average molecular weight is 288 g/mol. The second kappa shape index (κ2) is 5.63. The van der Waals surface area contributed by atoms with E-state index in [-0.39, 0.29) is 17.8 Å². The van der Waals surface area contributed by atoms with Crippen molar-refractivity contribution < 1.29 is 9.18 Å². The number of likely N-dealkylation sites (tertiary alicyclic amines) is 1. The van der Waals surface area contributed by atoms with Crippen molar-refractivity contribution >= 4 is 5.91 Å². The lowest BCUT2D eigenvalue weighted by Crippen LogP contribution is -2.39. The minimum absolute atomic E-state index is 0.114. The van der Waals surface area contributed by atoms with E-state index in [0.29, 0.717) is 17.9 Å². The van der Waals surface area contributed by atoms with Crippen molar-refractivity contribution in [2.45, 2.75) is 32.2 Å². The fourth-order valence-electron chi connectivity index (χ4n) is 2.86. The number of aromatic nitrogens is 3. The molecule has 1 aromatic heterocycles. The first-order chi connectivity index (χ1) is 10.1. The maximum atomic E-state index is 13.5. The van der Waals surface area contributed by atoms with Crippen LogP contribution < -0.4 is 0 Å². The molecule has 0 aliphatic carbocycles. The zero-order chi connectivity index (χ0) is 14.8. The summed E-state index contributed by atoms with van der Waals surface area (Å²) in [5, 5.41) is 6.69. The summed E-state index contributed by atoms with van der Waals surface area (Å²) >= 11 is 0. The van der Waals surface area contributed by atoms with Gasteiger partial charge in [0.1, 0.15) is 18.0 Å². The monoisotopic (exact) mass is 288 g/mol. The Bertz CT molecular complexity index is 621. The number of aryl methyl sites for hydroxylation is 1. The van der Waals surface area contributed by atoms with Gasteiger partial charge >= 0.3 is 0 Å². The lowest BCUT2D eigenvalue weighted by Gasteiger charge is -2.34. The van der Waals surface area contributed by atoms with Crippen molar-refractivity contribution in [3.8, 4) is 0 Å². The van der Waals surface area contributed by atoms with E-state index in [1.165, 1.54) is 18.5 Å². The highest BCUT2D eigenvalue weighted by Gasteiger charge is 2.30. The third kappa shape index (κ3) is 2.79. The SMILES string of the molecule is Cc1cc(F)cc(C(=O)N2CCCCC2c2ncn[nH]2)c1. The van der Waals surface area contributed by atoms with Crippen LogP contribution in [0.5, 0.6) is 0 Å². The fourth-order valence-corrected chi connectivity index (χ4v) is 2.86. The normalized spacial score (nSPS) is 18.8. The van der Waals surface area contributed by atoms with Gasteiger partial charge in [0.15, 0.2) is 0 Å². The molecule has 1 aliphatic heterocycles. The molecule has 0 radical (unpaired) electrons. The summed E-state index contributed by atoms with van der Waals surface area (Å²) in [5.41, 5.74) is 1.13. The summed E-state index contributed by atoms with van der Waals surface area (Å²) in [5.74, 6) is 0.154. The van der Waals surface area contributed by atoms with E-state index < -0.39 is 0 Å². The van der Waals surface area contributed by atoms with Crippen LogP contribution in [-0.2, 0) is 0 Å². The van der Waals surface area contributed by atoms with Crippen LogP contribution in [0.15, 0.2) is 24.5 Å². The van der Waals surface area contributed by atoms with Gasteiger partial charge in [0.2, 0.25) is 0 Å². The van der Waals surface area contributed by atoms with Gasteiger partial charge in [-0.05, 0) is 49.9 Å². The molecule has 6 heteroatoms. The molecule has 3 rings (SSSR count). The van der Waals surface area contributed by atoms with E-state index in [4.69, 9.17) is 0 Å². The Morgan fingerprint density at radius 1 is 1.38 bits per heavy atom. The zero-order valence-electron chi connectivity index (χ0n) is 11.8. The van der Waals surface area contributed by atoms with Crippen molar-refractivity contribution in [2.75, 3.05) is 6.54 Å². The van der Waals surface area contributed by atoms with Crippen molar-refractivity contribution in [2.24, 2.45) is 0 Å². The summed E-state index contributed by atoms with van der Waals surface area (Å²) < 4.78 is 13.5. The predicted octanol–water partition coefficient (Wildman–Crippen LogP) is 2.62. The first kappa shape index (κ1) is 13.7. The number of nitrogens with zero attached hydrogens (tertiary/aromatic N) is 3. The molecule has 0 bridgehead atoms. The van der Waals surface area contributed by atoms with Gasteiger partial charge in [-0.3, -0.25) is 9.89 Å². The Hall–Kier alpha value is -2.24. The number of amides is 1. The van der Waals surface area contributed by atoms with E-state index in [2.05, 4.69) is 15.2 Å². The Labute approximate surface area is 122 Å². The average Bonchev–Trinajstić information content (AvgIpc) is 2.99. The molecule has 5 nitrogen and oxygen atoms in total. The van der Waals surface area contributed by atoms with Crippen LogP contribution >= 0.6 is 0 Å². The molecule has 1 N–H and O–H groups in total. The maximum absolute atomic E-state index is 13.5. The number of nitrogens with one attached hydrogen (secondary N) is 1. The van der Waals surface area contributed by atoms with Crippen molar-refractivity contribution in [1.82, 2.24) is 20.1 Å². The number of aromatic amines is 1. The molecule has 2 aromatic rings. The number of carbonyl (C=O) groups is 1. The van der Waals surface area contributed by atoms with Gasteiger partial charge in [-0.15, -0.1) is 0 Å². The van der Waals surface area contributed by atoms with Crippen LogP contribution in [0.4, 0.5) is 4.39 Å². The van der Waals surface area contributed by atoms with Gasteiger partial charge in [0, 0.05) is 12.1 Å². The first-order valence-electron chi connectivity index (χ1n) is 7.08. The summed E-state index contributed by atoms with van der Waals surface area (Å²) in [6.07, 6.45) is 4.27. The van der Waals surface area contributed by atoms with Crippen molar-refractivity contribution in [3.05, 3.63) is 47.3 Å². The molecule has 110 valence electrons. The number of carbonyl (C=O) groups excluding carboxylic acids is 1. The third-order valence-corrected chi connectivity index (χ3v) is 3.80. The van der Waals surface area contributed by atoms with Crippen LogP contribution in [0.2, 0.25) is 0 Å². The summed E-state index contributed by atoms with van der Waals surface area (Å²) in [7, 11) is 0. The topological polar surface area (TPSA) is 61.9 Å². The highest BCUT2D eigenvalue weighted by molar-refractivity contribution is 5.94. The van der Waals surface area contributed by atoms with Gasteiger partial charge in [-0.1, -0.05) is 0 Å². The molecule has 1 aromatic carbocycles. The molecule has 1 atom stereocenters. The number of hydrogen-bond acceptors (Lipinski definition) is 3. The number of rotatable bonds is 2. The summed E-state index contributed by atoms with van der Waals surface area (Å²) in [6, 6.07) is 4.32. The molecule has 0 spiro atoms. The first-order valence-corrected chi connectivity index (χ1v) is 7.08. The van der Waals surface area contributed by atoms with Crippen LogP contribution in [0.1, 0.15) is 47.1 Å². The Balaban J connectivity index is 1.90. The second-order valence-electron chi connectivity index (χ2n) is 5.40. The van der Waals surface area contributed by atoms with Gasteiger partial charge < -0.3 is 4.90 Å². The molecular formula is C15H17FN4O. The highest BCUT2D eigenvalue weighted by atomic mass is 19.1. The number of piperidine rings is 1.